The molecule has 0 saturated carbocycles. The van der Waals surface area contributed by atoms with Gasteiger partial charge in [-0.1, -0.05) is 225 Å². The Balaban J connectivity index is 1.08. The van der Waals surface area contributed by atoms with Crippen LogP contribution in [0.15, 0.2) is 290 Å². The summed E-state index contributed by atoms with van der Waals surface area (Å²) in [6.45, 7) is 4.68. The highest BCUT2D eigenvalue weighted by Crippen LogP contribution is 2.61. The number of anilines is 6. The number of benzene rings is 11. The molecule has 0 saturated heterocycles. The maximum atomic E-state index is 6.68. The summed E-state index contributed by atoms with van der Waals surface area (Å²) in [5, 5.41) is 2.28. The Morgan fingerprint density at radius 3 is 1.90 bits per heavy atom. The number of allylic oxidation sites excluding steroid dienone is 5. The molecule has 15 rings (SSSR count). The lowest BCUT2D eigenvalue weighted by Crippen LogP contribution is -2.28. The summed E-state index contributed by atoms with van der Waals surface area (Å²) in [7, 11) is 0. The number of furan rings is 1. The van der Waals surface area contributed by atoms with E-state index in [0.29, 0.717) is 6.42 Å². The van der Waals surface area contributed by atoms with Gasteiger partial charge in [0.2, 0.25) is 0 Å². The fraction of sp³-hybridized carbons (Fsp3) is 0.0270. The van der Waals surface area contributed by atoms with Crippen molar-refractivity contribution >= 4 is 61.6 Å². The summed E-state index contributed by atoms with van der Waals surface area (Å²) in [6.07, 6.45) is 9.58. The largest absolute Gasteiger partial charge is 0.456 e. The van der Waals surface area contributed by atoms with E-state index in [1.807, 2.05) is 0 Å². The Bertz CT molecular complexity index is 4410. The van der Waals surface area contributed by atoms with Crippen molar-refractivity contribution in [2.75, 3.05) is 9.80 Å². The van der Waals surface area contributed by atoms with Gasteiger partial charge in [0.1, 0.15) is 11.2 Å². The van der Waals surface area contributed by atoms with Crippen LogP contribution in [0.1, 0.15) is 28.7 Å². The first-order valence-corrected chi connectivity index (χ1v) is 26.6. The van der Waals surface area contributed by atoms with Crippen LogP contribution in [0.3, 0.4) is 0 Å². The lowest BCUT2D eigenvalue weighted by atomic mass is 9.67. The van der Waals surface area contributed by atoms with Crippen molar-refractivity contribution in [2.24, 2.45) is 0 Å². The fourth-order valence-electron chi connectivity index (χ4n) is 13.0. The van der Waals surface area contributed by atoms with Crippen molar-refractivity contribution < 1.29 is 4.42 Å². The third-order valence-electron chi connectivity index (χ3n) is 16.3. The van der Waals surface area contributed by atoms with E-state index in [1.165, 1.54) is 44.5 Å². The zero-order valence-corrected chi connectivity index (χ0v) is 42.3. The highest BCUT2D eigenvalue weighted by Gasteiger charge is 2.47. The van der Waals surface area contributed by atoms with E-state index in [0.717, 1.165) is 95.0 Å². The van der Waals surface area contributed by atoms with Crippen molar-refractivity contribution in [1.82, 2.24) is 0 Å². The third kappa shape index (κ3) is 6.91. The van der Waals surface area contributed by atoms with E-state index in [4.69, 9.17) is 4.42 Å². The van der Waals surface area contributed by atoms with Gasteiger partial charge >= 0.3 is 0 Å². The first kappa shape index (κ1) is 44.5. The van der Waals surface area contributed by atoms with Crippen LogP contribution in [-0.4, -0.2) is 0 Å². The summed E-state index contributed by atoms with van der Waals surface area (Å²) in [6, 6.07) is 93.6. The Labute approximate surface area is 448 Å². The summed E-state index contributed by atoms with van der Waals surface area (Å²) in [5.74, 6) is 0. The highest BCUT2D eigenvalue weighted by molar-refractivity contribution is 6.16. The molecule has 3 heteroatoms. The summed E-state index contributed by atoms with van der Waals surface area (Å²) in [4.78, 5) is 5.01. The smallest absolute Gasteiger partial charge is 0.136 e. The maximum Gasteiger partial charge on any atom is 0.136 e. The van der Waals surface area contributed by atoms with Crippen LogP contribution in [-0.2, 0) is 5.41 Å². The number of hydrogen-bond acceptors (Lipinski definition) is 3. The Kier molecular flexibility index (Phi) is 10.3. The van der Waals surface area contributed by atoms with Gasteiger partial charge in [0.25, 0.3) is 0 Å². The van der Waals surface area contributed by atoms with Crippen LogP contribution < -0.4 is 9.80 Å². The van der Waals surface area contributed by atoms with Crippen molar-refractivity contribution in [2.45, 2.75) is 11.8 Å². The Morgan fingerprint density at radius 2 is 1.06 bits per heavy atom. The average Bonchev–Trinajstić information content (AvgIpc) is 4.18. The molecule has 2 heterocycles. The molecule has 3 nitrogen and oxygen atoms in total. The number of para-hydroxylation sites is 4. The van der Waals surface area contributed by atoms with E-state index in [-0.39, 0.29) is 0 Å². The first-order chi connectivity index (χ1) is 38.1. The van der Waals surface area contributed by atoms with Gasteiger partial charge in [0, 0.05) is 39.0 Å². The molecule has 0 bridgehead atoms. The number of nitrogens with zero attached hydrogens (tertiary/aromatic N) is 2. The molecule has 0 radical (unpaired) electrons. The van der Waals surface area contributed by atoms with E-state index < -0.39 is 5.41 Å². The molecular weight excluding hydrogens is 933 g/mol. The van der Waals surface area contributed by atoms with Crippen molar-refractivity contribution in [3.8, 4) is 55.6 Å². The molecule has 0 fully saturated rings. The SMILES string of the molecule is C=C1/C=C\C=C/CC2(c3cc(N(c4cccc(-c5ccccc5)c4)c4cccc5c4N(c4ccccc4)c4ccccc4-c4ccccc4-5)ccc3-c3ccccc31)c1ccccc1-c1c2ccc2oc3ccccc3c12. The average molecular weight is 983 g/mol. The highest BCUT2D eigenvalue weighted by atomic mass is 16.3. The van der Waals surface area contributed by atoms with E-state index >= 15 is 0 Å². The second-order valence-corrected chi connectivity index (χ2v) is 20.4. The molecule has 1 aromatic heterocycles. The fourth-order valence-corrected chi connectivity index (χ4v) is 13.0. The third-order valence-corrected chi connectivity index (χ3v) is 16.3. The minimum Gasteiger partial charge on any atom is -0.456 e. The molecule has 0 amide bonds. The summed E-state index contributed by atoms with van der Waals surface area (Å²) >= 11 is 0. The number of rotatable bonds is 5. The van der Waals surface area contributed by atoms with E-state index in [1.54, 1.807) is 0 Å². The van der Waals surface area contributed by atoms with Gasteiger partial charge in [-0.3, -0.25) is 0 Å². The van der Waals surface area contributed by atoms with Gasteiger partial charge in [-0.2, -0.15) is 0 Å². The molecule has 1 atom stereocenters. The lowest BCUT2D eigenvalue weighted by Gasteiger charge is -2.37. The molecule has 1 spiro atoms. The minimum absolute atomic E-state index is 0.661. The number of fused-ring (bicyclic) bond motifs is 18. The van der Waals surface area contributed by atoms with Crippen LogP contribution in [0.25, 0.3) is 83.1 Å². The lowest BCUT2D eigenvalue weighted by molar-refractivity contribution is 0.645. The van der Waals surface area contributed by atoms with Crippen LogP contribution in [0.4, 0.5) is 34.1 Å². The molecule has 362 valence electrons. The summed E-state index contributed by atoms with van der Waals surface area (Å²) in [5.41, 5.74) is 25.1. The molecule has 12 aromatic rings. The molecule has 2 aliphatic carbocycles. The van der Waals surface area contributed by atoms with Gasteiger partial charge in [0.05, 0.1) is 22.5 Å². The maximum absolute atomic E-state index is 6.68. The molecule has 77 heavy (non-hydrogen) atoms. The van der Waals surface area contributed by atoms with Gasteiger partial charge in [-0.25, -0.2) is 0 Å². The van der Waals surface area contributed by atoms with Crippen molar-refractivity contribution in [1.29, 1.82) is 0 Å². The Morgan fingerprint density at radius 1 is 0.429 bits per heavy atom. The van der Waals surface area contributed by atoms with Crippen LogP contribution in [0, 0.1) is 0 Å². The topological polar surface area (TPSA) is 19.6 Å². The van der Waals surface area contributed by atoms with E-state index in [9.17, 15) is 0 Å². The first-order valence-electron chi connectivity index (χ1n) is 26.6. The van der Waals surface area contributed by atoms with Crippen LogP contribution >= 0.6 is 0 Å². The second-order valence-electron chi connectivity index (χ2n) is 20.4. The minimum atomic E-state index is -0.661. The second kappa shape index (κ2) is 17.9. The van der Waals surface area contributed by atoms with Gasteiger partial charge in [-0.05, 0) is 139 Å². The molecule has 0 N–H and O–H groups in total. The Hall–Kier alpha value is -9.96. The molecule has 3 aliphatic rings. The molecular formula is C74H50N2O. The molecule has 1 aliphatic heterocycles. The van der Waals surface area contributed by atoms with Crippen LogP contribution in [0.5, 0.6) is 0 Å². The zero-order valence-electron chi connectivity index (χ0n) is 42.3. The quantitative estimate of drug-likeness (QED) is 0.171. The van der Waals surface area contributed by atoms with Gasteiger partial charge in [0.15, 0.2) is 0 Å². The standard InChI is InChI=1S/C74H50N2O/c1-49-23-5-4-20-46-74(64-38-17-14-35-62(64)71-65(74)44-45-70-72(71)63-36-16-19-41-69(63)77-70)66-48-54(42-43-59(66)56-31-11-10-30-55(49)56)75(53-29-21-26-51(47-53)50-24-6-2-7-25-50)68-40-22-37-61-58-33-13-12-32-57(58)60-34-15-18-39-67(60)76(73(61)68)52-27-8-3-9-28-52/h2-45,47-48H,1,46H2/b20-4-,23-5-. The van der Waals surface area contributed by atoms with Crippen molar-refractivity contribution in [3.05, 3.63) is 308 Å². The normalized spacial score (nSPS) is 15.7. The van der Waals surface area contributed by atoms with Crippen molar-refractivity contribution in [3.63, 3.8) is 0 Å². The predicted molar refractivity (Wildman–Crippen MR) is 322 cm³/mol. The van der Waals surface area contributed by atoms with Gasteiger partial charge in [-0.15, -0.1) is 0 Å². The monoisotopic (exact) mass is 982 g/mol. The molecule has 1 unspecified atom stereocenters. The van der Waals surface area contributed by atoms with E-state index in [2.05, 4.69) is 295 Å². The van der Waals surface area contributed by atoms with Gasteiger partial charge < -0.3 is 14.2 Å². The summed E-state index contributed by atoms with van der Waals surface area (Å²) < 4.78 is 6.68. The number of hydrogen-bond donors (Lipinski definition) is 0. The van der Waals surface area contributed by atoms with Crippen LogP contribution in [0.2, 0.25) is 0 Å². The zero-order chi connectivity index (χ0) is 51.0. The predicted octanol–water partition coefficient (Wildman–Crippen LogP) is 20.4. The molecule has 11 aromatic carbocycles.